The molecular weight excluding hydrogens is 304 g/mol. The summed E-state index contributed by atoms with van der Waals surface area (Å²) in [6, 6.07) is 4.41. The Morgan fingerprint density at radius 1 is 1.33 bits per heavy atom. The van der Waals surface area contributed by atoms with E-state index in [1.807, 2.05) is 6.07 Å². The van der Waals surface area contributed by atoms with Crippen molar-refractivity contribution in [1.82, 2.24) is 10.0 Å². The van der Waals surface area contributed by atoms with Gasteiger partial charge in [-0.2, -0.15) is 0 Å². The molecule has 1 aromatic heterocycles. The number of thiophene rings is 1. The van der Waals surface area contributed by atoms with E-state index < -0.39 is 10.0 Å². The van der Waals surface area contributed by atoms with Gasteiger partial charge in [-0.1, -0.05) is 6.92 Å². The van der Waals surface area contributed by atoms with Gasteiger partial charge in [0.05, 0.1) is 0 Å². The van der Waals surface area contributed by atoms with Gasteiger partial charge in [-0.25, -0.2) is 13.1 Å². The summed E-state index contributed by atoms with van der Waals surface area (Å²) in [5.74, 6) is 0. The number of rotatable bonds is 8. The molecule has 2 fully saturated rings. The average Bonchev–Trinajstić information content (AvgIpc) is 3.09. The Morgan fingerprint density at radius 3 is 2.67 bits per heavy atom. The van der Waals surface area contributed by atoms with Gasteiger partial charge in [-0.3, -0.25) is 0 Å². The first kappa shape index (κ1) is 15.5. The maximum absolute atomic E-state index is 12.5. The number of sulfonamides is 1. The Bertz CT molecular complexity index is 581. The van der Waals surface area contributed by atoms with E-state index in [-0.39, 0.29) is 5.54 Å². The SMILES string of the molecule is CCC1(NS(=O)(=O)c2ccc(CCNC3CC3)s2)CCC1. The highest BCUT2D eigenvalue weighted by atomic mass is 32.2. The summed E-state index contributed by atoms with van der Waals surface area (Å²) in [5.41, 5.74) is -0.184. The molecule has 0 saturated heterocycles. The second-order valence-electron chi connectivity index (χ2n) is 6.29. The van der Waals surface area contributed by atoms with E-state index in [0.29, 0.717) is 10.3 Å². The van der Waals surface area contributed by atoms with Crippen molar-refractivity contribution in [3.8, 4) is 0 Å². The van der Waals surface area contributed by atoms with Gasteiger partial charge in [0.25, 0.3) is 10.0 Å². The first-order valence-electron chi connectivity index (χ1n) is 7.89. The Balaban J connectivity index is 1.60. The van der Waals surface area contributed by atoms with Crippen LogP contribution in [0.3, 0.4) is 0 Å². The molecule has 2 saturated carbocycles. The summed E-state index contributed by atoms with van der Waals surface area (Å²) in [7, 11) is -3.35. The number of nitrogens with one attached hydrogen (secondary N) is 2. The minimum Gasteiger partial charge on any atom is -0.314 e. The summed E-state index contributed by atoms with van der Waals surface area (Å²) in [5, 5.41) is 3.46. The highest BCUT2D eigenvalue weighted by Gasteiger charge is 2.39. The molecule has 2 N–H and O–H groups in total. The van der Waals surface area contributed by atoms with Gasteiger partial charge in [-0.15, -0.1) is 11.3 Å². The van der Waals surface area contributed by atoms with Gasteiger partial charge in [0, 0.05) is 23.0 Å². The highest BCUT2D eigenvalue weighted by molar-refractivity contribution is 7.91. The van der Waals surface area contributed by atoms with E-state index in [1.165, 1.54) is 24.2 Å². The van der Waals surface area contributed by atoms with Gasteiger partial charge >= 0.3 is 0 Å². The van der Waals surface area contributed by atoms with Crippen LogP contribution in [0.2, 0.25) is 0 Å². The molecule has 6 heteroatoms. The highest BCUT2D eigenvalue weighted by Crippen LogP contribution is 2.36. The van der Waals surface area contributed by atoms with Crippen LogP contribution in [-0.2, 0) is 16.4 Å². The fourth-order valence-corrected chi connectivity index (χ4v) is 5.68. The van der Waals surface area contributed by atoms with Gasteiger partial charge in [0.1, 0.15) is 4.21 Å². The molecule has 0 aliphatic heterocycles. The molecule has 2 aliphatic rings. The number of hydrogen-bond acceptors (Lipinski definition) is 4. The fourth-order valence-electron chi connectivity index (χ4n) is 2.79. The van der Waals surface area contributed by atoms with Crippen molar-refractivity contribution >= 4 is 21.4 Å². The second-order valence-corrected chi connectivity index (χ2v) is 9.37. The summed E-state index contributed by atoms with van der Waals surface area (Å²) in [6.45, 7) is 3.00. The Labute approximate surface area is 131 Å². The third kappa shape index (κ3) is 3.67. The Morgan fingerprint density at radius 2 is 2.10 bits per heavy atom. The van der Waals surface area contributed by atoms with E-state index in [1.54, 1.807) is 6.07 Å². The van der Waals surface area contributed by atoms with Crippen LogP contribution in [0, 0.1) is 0 Å². The normalized spacial score (nSPS) is 21.2. The quantitative estimate of drug-likeness (QED) is 0.771. The molecule has 0 spiro atoms. The lowest BCUT2D eigenvalue weighted by molar-refractivity contribution is 0.214. The van der Waals surface area contributed by atoms with E-state index in [2.05, 4.69) is 17.0 Å². The molecule has 21 heavy (non-hydrogen) atoms. The minimum atomic E-state index is -3.35. The summed E-state index contributed by atoms with van der Waals surface area (Å²) in [6.07, 6.45) is 7.41. The van der Waals surface area contributed by atoms with Gasteiger partial charge in [0.15, 0.2) is 0 Å². The Kier molecular flexibility index (Phi) is 4.41. The van der Waals surface area contributed by atoms with Crippen molar-refractivity contribution in [1.29, 1.82) is 0 Å². The predicted octanol–water partition coefficient (Wildman–Crippen LogP) is 2.65. The van der Waals surface area contributed by atoms with E-state index in [9.17, 15) is 8.42 Å². The average molecular weight is 329 g/mol. The molecule has 0 amide bonds. The van der Waals surface area contributed by atoms with Crippen LogP contribution in [0.5, 0.6) is 0 Å². The molecule has 2 aliphatic carbocycles. The van der Waals surface area contributed by atoms with Crippen LogP contribution < -0.4 is 10.0 Å². The minimum absolute atomic E-state index is 0.184. The zero-order valence-corrected chi connectivity index (χ0v) is 14.2. The van der Waals surface area contributed by atoms with Crippen LogP contribution >= 0.6 is 11.3 Å². The molecule has 0 atom stereocenters. The van der Waals surface area contributed by atoms with E-state index >= 15 is 0 Å². The van der Waals surface area contributed by atoms with Gasteiger partial charge in [0.2, 0.25) is 0 Å². The molecule has 3 rings (SSSR count). The molecule has 0 aromatic carbocycles. The van der Waals surface area contributed by atoms with Gasteiger partial charge < -0.3 is 5.32 Å². The Hall–Kier alpha value is -0.430. The smallest absolute Gasteiger partial charge is 0.250 e. The lowest BCUT2D eigenvalue weighted by Crippen LogP contribution is -2.52. The topological polar surface area (TPSA) is 58.2 Å². The molecule has 118 valence electrons. The van der Waals surface area contributed by atoms with Crippen LogP contribution in [0.1, 0.15) is 50.3 Å². The van der Waals surface area contributed by atoms with Crippen molar-refractivity contribution < 1.29 is 8.42 Å². The predicted molar refractivity (Wildman–Crippen MR) is 86.2 cm³/mol. The van der Waals surface area contributed by atoms with Crippen LogP contribution in [0.15, 0.2) is 16.3 Å². The fraction of sp³-hybridized carbons (Fsp3) is 0.733. The number of hydrogen-bond donors (Lipinski definition) is 2. The van der Waals surface area contributed by atoms with Crippen LogP contribution in [0.25, 0.3) is 0 Å². The van der Waals surface area contributed by atoms with Crippen molar-refractivity contribution in [2.75, 3.05) is 6.54 Å². The third-order valence-corrected chi connectivity index (χ3v) is 7.84. The monoisotopic (exact) mass is 328 g/mol. The van der Waals surface area contributed by atoms with Crippen molar-refractivity contribution in [3.05, 3.63) is 17.0 Å². The zero-order valence-electron chi connectivity index (χ0n) is 12.5. The molecule has 1 heterocycles. The largest absolute Gasteiger partial charge is 0.314 e. The maximum Gasteiger partial charge on any atom is 0.250 e. The van der Waals surface area contributed by atoms with E-state index in [4.69, 9.17) is 0 Å². The lowest BCUT2D eigenvalue weighted by atomic mass is 9.76. The molecule has 0 bridgehead atoms. The standard InChI is InChI=1S/C15H24N2O2S2/c1-2-15(9-3-10-15)17-21(18,19)14-7-6-13(20-14)8-11-16-12-4-5-12/h6-7,12,16-17H,2-5,8-11H2,1H3. The van der Waals surface area contributed by atoms with Crippen LogP contribution in [-0.4, -0.2) is 26.5 Å². The van der Waals surface area contributed by atoms with Crippen molar-refractivity contribution in [2.45, 2.75) is 67.7 Å². The first-order valence-corrected chi connectivity index (χ1v) is 10.2. The maximum atomic E-state index is 12.5. The molecule has 1 aromatic rings. The summed E-state index contributed by atoms with van der Waals surface area (Å²) >= 11 is 1.41. The van der Waals surface area contributed by atoms with E-state index in [0.717, 1.165) is 43.5 Å². The first-order chi connectivity index (χ1) is 10.0. The molecule has 0 unspecified atom stereocenters. The summed E-state index contributed by atoms with van der Waals surface area (Å²) in [4.78, 5) is 1.14. The molecule has 0 radical (unpaired) electrons. The second kappa shape index (κ2) is 5.99. The third-order valence-electron chi connectivity index (χ3n) is 4.62. The lowest BCUT2D eigenvalue weighted by Gasteiger charge is -2.41. The van der Waals surface area contributed by atoms with Crippen molar-refractivity contribution in [3.63, 3.8) is 0 Å². The van der Waals surface area contributed by atoms with Gasteiger partial charge in [-0.05, 0) is 57.1 Å². The molecule has 4 nitrogen and oxygen atoms in total. The zero-order chi connectivity index (χ0) is 14.9. The summed E-state index contributed by atoms with van der Waals surface area (Å²) < 4.78 is 28.4. The van der Waals surface area contributed by atoms with Crippen molar-refractivity contribution in [2.24, 2.45) is 0 Å². The molecular formula is C15H24N2O2S2. The van der Waals surface area contributed by atoms with Crippen LogP contribution in [0.4, 0.5) is 0 Å².